The first-order valence-corrected chi connectivity index (χ1v) is 19.1. The highest BCUT2D eigenvalue weighted by atomic mass is 15.2. The van der Waals surface area contributed by atoms with Gasteiger partial charge in [-0.2, -0.15) is 5.26 Å². The Kier molecular flexibility index (Phi) is 9.08. The second-order valence-corrected chi connectivity index (χ2v) is 15.9. The van der Waals surface area contributed by atoms with Gasteiger partial charge in [-0.15, -0.1) is 0 Å². The molecule has 0 aromatic heterocycles. The van der Waals surface area contributed by atoms with Gasteiger partial charge in [0, 0.05) is 33.5 Å². The average molecular weight is 725 g/mol. The molecule has 8 rings (SSSR count). The monoisotopic (exact) mass is 724 g/mol. The second-order valence-electron chi connectivity index (χ2n) is 15.9. The lowest BCUT2D eigenvalue weighted by atomic mass is 9.84. The summed E-state index contributed by atoms with van der Waals surface area (Å²) in [5.74, 6) is 0. The first-order chi connectivity index (χ1) is 26.9. The summed E-state index contributed by atoms with van der Waals surface area (Å²) >= 11 is 0. The smallest absolute Gasteiger partial charge is 0.189 e. The normalized spacial score (nSPS) is 11.4. The number of aryl methyl sites for hydroxylation is 4. The molecular formula is C52H44N4. The third-order valence-electron chi connectivity index (χ3n) is 11.2. The predicted molar refractivity (Wildman–Crippen MR) is 237 cm³/mol. The number of anilines is 6. The highest BCUT2D eigenvalue weighted by Crippen LogP contribution is 2.49. The van der Waals surface area contributed by atoms with Crippen molar-refractivity contribution in [2.24, 2.45) is 0 Å². The highest BCUT2D eigenvalue weighted by molar-refractivity contribution is 6.24. The largest absolute Gasteiger partial charge is 0.311 e. The molecule has 0 fully saturated rings. The molecule has 0 aliphatic rings. The number of fused-ring (bicyclic) bond motifs is 5. The summed E-state index contributed by atoms with van der Waals surface area (Å²) in [7, 11) is 0. The SMILES string of the molecule is [C-]#[N+]c1cccc(N(c2ccc(C)c(C)c2)c2cc3c4cc(C(C)(C)C)ccc4c(N(c4cccc(C#N)c4)c4ccc(C)c(C)c4)cc3c3ccccc23)c1. The maximum Gasteiger partial charge on any atom is 0.189 e. The van der Waals surface area contributed by atoms with Crippen LogP contribution < -0.4 is 9.80 Å². The Morgan fingerprint density at radius 1 is 0.482 bits per heavy atom. The van der Waals surface area contributed by atoms with E-state index in [1.165, 1.54) is 27.8 Å². The first kappa shape index (κ1) is 36.1. The fourth-order valence-corrected chi connectivity index (χ4v) is 7.80. The summed E-state index contributed by atoms with van der Waals surface area (Å²) in [6.45, 7) is 23.3. The number of hydrogen-bond donors (Lipinski definition) is 0. The maximum absolute atomic E-state index is 10.0. The van der Waals surface area contributed by atoms with Crippen molar-refractivity contribution in [2.75, 3.05) is 9.80 Å². The van der Waals surface area contributed by atoms with E-state index in [1.54, 1.807) is 0 Å². The number of nitriles is 1. The minimum absolute atomic E-state index is 0.0866. The molecule has 272 valence electrons. The first-order valence-electron chi connectivity index (χ1n) is 19.1. The Morgan fingerprint density at radius 3 is 1.57 bits per heavy atom. The van der Waals surface area contributed by atoms with Crippen molar-refractivity contribution in [1.29, 1.82) is 5.26 Å². The van der Waals surface area contributed by atoms with Crippen LogP contribution in [-0.4, -0.2) is 0 Å². The van der Waals surface area contributed by atoms with Crippen molar-refractivity contribution in [3.63, 3.8) is 0 Å². The van der Waals surface area contributed by atoms with Crippen LogP contribution in [0, 0.1) is 45.6 Å². The fourth-order valence-electron chi connectivity index (χ4n) is 7.80. The average Bonchev–Trinajstić information content (AvgIpc) is 3.20. The zero-order chi connectivity index (χ0) is 39.3. The molecule has 56 heavy (non-hydrogen) atoms. The highest BCUT2D eigenvalue weighted by Gasteiger charge is 2.24. The molecule has 0 bridgehead atoms. The standard InChI is InChI=1S/C52H44N4/c1-33-19-22-42(25-35(33)3)55(40-15-11-13-37(27-40)32-53)51-30-48-44-17-9-10-18-45(44)50(31-49(48)47-28-38(52(5,6)7)21-24-46(47)51)56(41-16-12-14-39(29-41)54-8)43-23-20-34(2)36(4)26-43/h9-31H,1-7H3. The zero-order valence-electron chi connectivity index (χ0n) is 33.1. The summed E-state index contributed by atoms with van der Waals surface area (Å²) < 4.78 is 0. The molecule has 0 N–H and O–H groups in total. The fraction of sp³-hybridized carbons (Fsp3) is 0.154. The number of hydrogen-bond acceptors (Lipinski definition) is 3. The maximum atomic E-state index is 10.0. The van der Waals surface area contributed by atoms with Crippen LogP contribution in [0.2, 0.25) is 0 Å². The minimum atomic E-state index is -0.0866. The molecule has 0 saturated carbocycles. The van der Waals surface area contributed by atoms with Crippen molar-refractivity contribution in [3.05, 3.63) is 184 Å². The molecular weight excluding hydrogens is 681 g/mol. The summed E-state index contributed by atoms with van der Waals surface area (Å²) in [4.78, 5) is 8.44. The molecule has 0 saturated heterocycles. The molecule has 0 atom stereocenters. The van der Waals surface area contributed by atoms with Gasteiger partial charge in [0.1, 0.15) is 0 Å². The van der Waals surface area contributed by atoms with Crippen LogP contribution in [0.5, 0.6) is 0 Å². The molecule has 0 unspecified atom stereocenters. The molecule has 4 heteroatoms. The van der Waals surface area contributed by atoms with Gasteiger partial charge in [-0.1, -0.05) is 87.5 Å². The second kappa shape index (κ2) is 14.1. The van der Waals surface area contributed by atoms with E-state index in [4.69, 9.17) is 6.57 Å². The van der Waals surface area contributed by atoms with Crippen molar-refractivity contribution in [2.45, 2.75) is 53.9 Å². The van der Waals surface area contributed by atoms with Gasteiger partial charge in [-0.05, 0) is 155 Å². The molecule has 8 aromatic carbocycles. The van der Waals surface area contributed by atoms with E-state index in [-0.39, 0.29) is 5.41 Å². The van der Waals surface area contributed by atoms with E-state index in [1.807, 2.05) is 36.4 Å². The van der Waals surface area contributed by atoms with Crippen LogP contribution in [0.1, 0.15) is 54.2 Å². The topological polar surface area (TPSA) is 34.6 Å². The van der Waals surface area contributed by atoms with Gasteiger partial charge in [-0.3, -0.25) is 0 Å². The molecule has 0 heterocycles. The van der Waals surface area contributed by atoms with Crippen molar-refractivity contribution in [3.8, 4) is 6.07 Å². The van der Waals surface area contributed by atoms with Gasteiger partial charge >= 0.3 is 0 Å². The summed E-state index contributed by atoms with van der Waals surface area (Å²) in [5, 5.41) is 16.8. The Hall–Kier alpha value is -6.88. The molecule has 0 aliphatic carbocycles. The molecule has 0 aliphatic heterocycles. The van der Waals surface area contributed by atoms with Crippen LogP contribution in [-0.2, 0) is 5.41 Å². The van der Waals surface area contributed by atoms with Crippen LogP contribution >= 0.6 is 0 Å². The van der Waals surface area contributed by atoms with Gasteiger partial charge in [-0.25, -0.2) is 4.85 Å². The van der Waals surface area contributed by atoms with Gasteiger partial charge in [0.15, 0.2) is 5.69 Å². The Bertz CT molecular complexity index is 2930. The van der Waals surface area contributed by atoms with Gasteiger partial charge < -0.3 is 9.80 Å². The predicted octanol–water partition coefficient (Wildman–Crippen LogP) is 15.0. The summed E-state index contributed by atoms with van der Waals surface area (Å²) in [5.41, 5.74) is 13.2. The zero-order valence-corrected chi connectivity index (χ0v) is 33.1. The van der Waals surface area contributed by atoms with E-state index in [2.05, 4.69) is 172 Å². The molecule has 8 aromatic rings. The minimum Gasteiger partial charge on any atom is -0.311 e. The van der Waals surface area contributed by atoms with Gasteiger partial charge in [0.2, 0.25) is 0 Å². The van der Waals surface area contributed by atoms with Crippen LogP contribution in [0.4, 0.5) is 39.8 Å². The van der Waals surface area contributed by atoms with Crippen LogP contribution in [0.25, 0.3) is 37.2 Å². The van der Waals surface area contributed by atoms with Crippen molar-refractivity contribution in [1.82, 2.24) is 0 Å². The molecule has 4 nitrogen and oxygen atoms in total. The molecule has 0 amide bonds. The van der Waals surface area contributed by atoms with E-state index < -0.39 is 0 Å². The Labute approximate surface area is 330 Å². The number of rotatable bonds is 6. The van der Waals surface area contributed by atoms with Crippen LogP contribution in [0.15, 0.2) is 140 Å². The molecule has 0 radical (unpaired) electrons. The molecule has 0 spiro atoms. The van der Waals surface area contributed by atoms with Crippen LogP contribution in [0.3, 0.4) is 0 Å². The summed E-state index contributed by atoms with van der Waals surface area (Å²) in [6.07, 6.45) is 0. The Balaban J connectivity index is 1.53. The lowest BCUT2D eigenvalue weighted by Gasteiger charge is -2.31. The van der Waals surface area contributed by atoms with E-state index in [0.29, 0.717) is 11.3 Å². The van der Waals surface area contributed by atoms with Gasteiger partial charge in [0.05, 0.1) is 29.6 Å². The third-order valence-corrected chi connectivity index (χ3v) is 11.2. The Morgan fingerprint density at radius 2 is 1.00 bits per heavy atom. The van der Waals surface area contributed by atoms with E-state index >= 15 is 0 Å². The quantitative estimate of drug-likeness (QED) is 0.126. The number of nitrogens with zero attached hydrogens (tertiary/aromatic N) is 4. The van der Waals surface area contributed by atoms with Gasteiger partial charge in [0.25, 0.3) is 0 Å². The lowest BCUT2D eigenvalue weighted by Crippen LogP contribution is -2.13. The van der Waals surface area contributed by atoms with Crippen molar-refractivity contribution < 1.29 is 0 Å². The summed E-state index contributed by atoms with van der Waals surface area (Å²) in [6, 6.07) is 51.7. The van der Waals surface area contributed by atoms with E-state index in [9.17, 15) is 5.26 Å². The third kappa shape index (κ3) is 6.40. The lowest BCUT2D eigenvalue weighted by molar-refractivity contribution is 0.591. The van der Waals surface area contributed by atoms with E-state index in [0.717, 1.165) is 66.4 Å². The number of benzene rings is 8. The van der Waals surface area contributed by atoms with Crippen molar-refractivity contribution >= 4 is 72.1 Å².